The third-order valence-electron chi connectivity index (χ3n) is 2.56. The second-order valence-electron chi connectivity index (χ2n) is 3.77. The van der Waals surface area contributed by atoms with Crippen molar-refractivity contribution in [3.8, 4) is 0 Å². The molecule has 15 heavy (non-hydrogen) atoms. The molecular formula is C9H17F2N3O. The molecule has 0 aromatic heterocycles. The highest BCUT2D eigenvalue weighted by atomic mass is 19.3. The van der Waals surface area contributed by atoms with Gasteiger partial charge < -0.3 is 11.1 Å². The van der Waals surface area contributed by atoms with E-state index in [-0.39, 0.29) is 19.1 Å². The summed E-state index contributed by atoms with van der Waals surface area (Å²) in [6, 6.07) is 0.0488. The smallest absolute Gasteiger partial charge is 0.251 e. The lowest BCUT2D eigenvalue weighted by atomic mass is 10.0. The number of nitrogens with two attached hydrogens (primary N) is 1. The Labute approximate surface area is 87.8 Å². The highest BCUT2D eigenvalue weighted by Gasteiger charge is 2.24. The topological polar surface area (TPSA) is 58.4 Å². The largest absolute Gasteiger partial charge is 0.369 e. The van der Waals surface area contributed by atoms with Crippen molar-refractivity contribution in [1.82, 2.24) is 10.2 Å². The third-order valence-corrected chi connectivity index (χ3v) is 2.56. The number of alkyl halides is 2. The first kappa shape index (κ1) is 12.3. The minimum Gasteiger partial charge on any atom is -0.369 e. The van der Waals surface area contributed by atoms with E-state index in [9.17, 15) is 13.6 Å². The molecule has 0 unspecified atom stereocenters. The van der Waals surface area contributed by atoms with Gasteiger partial charge in [-0.1, -0.05) is 0 Å². The van der Waals surface area contributed by atoms with Crippen molar-refractivity contribution < 1.29 is 13.6 Å². The molecule has 0 aromatic carbocycles. The molecule has 0 aliphatic carbocycles. The van der Waals surface area contributed by atoms with E-state index in [0.29, 0.717) is 0 Å². The van der Waals surface area contributed by atoms with E-state index in [1.54, 1.807) is 0 Å². The van der Waals surface area contributed by atoms with E-state index in [1.807, 2.05) is 0 Å². The number of hydrogen-bond donors (Lipinski definition) is 2. The van der Waals surface area contributed by atoms with Gasteiger partial charge in [-0.2, -0.15) is 0 Å². The second kappa shape index (κ2) is 5.97. The quantitative estimate of drug-likeness (QED) is 0.675. The van der Waals surface area contributed by atoms with E-state index in [1.165, 1.54) is 4.90 Å². The number of nitrogens with one attached hydrogen (secondary N) is 1. The Hall–Kier alpha value is -0.750. The summed E-state index contributed by atoms with van der Waals surface area (Å²) in [7, 11) is 0. The van der Waals surface area contributed by atoms with Crippen LogP contribution in [0.3, 0.4) is 0 Å². The fraction of sp³-hybridized carbons (Fsp3) is 0.889. The Morgan fingerprint density at radius 3 is 2.53 bits per heavy atom. The van der Waals surface area contributed by atoms with Gasteiger partial charge in [0, 0.05) is 6.04 Å². The van der Waals surface area contributed by atoms with Crippen LogP contribution in [0.4, 0.5) is 8.78 Å². The zero-order chi connectivity index (χ0) is 11.3. The van der Waals surface area contributed by atoms with Crippen molar-refractivity contribution in [3.05, 3.63) is 0 Å². The van der Waals surface area contributed by atoms with Crippen molar-refractivity contribution in [3.63, 3.8) is 0 Å². The molecule has 0 spiro atoms. The Morgan fingerprint density at radius 1 is 1.47 bits per heavy atom. The number of carbonyl (C=O) groups is 1. The van der Waals surface area contributed by atoms with Crippen molar-refractivity contribution in [2.45, 2.75) is 25.3 Å². The molecule has 0 atom stereocenters. The standard InChI is InChI=1S/C9H17F2N3O/c10-8(11)5-14(6-9(12)15)7-1-3-13-4-2-7/h7-8,13H,1-6H2,(H2,12,15). The van der Waals surface area contributed by atoms with Crippen LogP contribution in [0.5, 0.6) is 0 Å². The van der Waals surface area contributed by atoms with Crippen molar-refractivity contribution >= 4 is 5.91 Å². The summed E-state index contributed by atoms with van der Waals surface area (Å²) in [5.74, 6) is -0.547. The van der Waals surface area contributed by atoms with Gasteiger partial charge in [0.25, 0.3) is 6.43 Å². The predicted molar refractivity (Wildman–Crippen MR) is 52.7 cm³/mol. The summed E-state index contributed by atoms with van der Waals surface area (Å²) in [6.07, 6.45) is -0.834. The normalized spacial score (nSPS) is 18.7. The van der Waals surface area contributed by atoms with Crippen LogP contribution in [0, 0.1) is 0 Å². The van der Waals surface area contributed by atoms with E-state index in [2.05, 4.69) is 5.32 Å². The summed E-state index contributed by atoms with van der Waals surface area (Å²) in [6.45, 7) is 1.18. The summed E-state index contributed by atoms with van der Waals surface area (Å²) >= 11 is 0. The molecule has 0 aromatic rings. The molecule has 1 heterocycles. The molecule has 4 nitrogen and oxygen atoms in total. The monoisotopic (exact) mass is 221 g/mol. The van der Waals surface area contributed by atoms with Crippen LogP contribution in [-0.2, 0) is 4.79 Å². The maximum absolute atomic E-state index is 12.3. The van der Waals surface area contributed by atoms with Gasteiger partial charge in [-0.25, -0.2) is 8.78 Å². The van der Waals surface area contributed by atoms with Gasteiger partial charge in [-0.15, -0.1) is 0 Å². The minimum absolute atomic E-state index is 0.0488. The van der Waals surface area contributed by atoms with Crippen LogP contribution in [0.25, 0.3) is 0 Å². The SMILES string of the molecule is NC(=O)CN(CC(F)F)C1CCNCC1. The van der Waals surface area contributed by atoms with Gasteiger partial charge in [-0.05, 0) is 25.9 Å². The second-order valence-corrected chi connectivity index (χ2v) is 3.77. The average molecular weight is 221 g/mol. The molecule has 0 bridgehead atoms. The van der Waals surface area contributed by atoms with Crippen molar-refractivity contribution in [1.29, 1.82) is 0 Å². The fourth-order valence-electron chi connectivity index (χ4n) is 1.89. The summed E-state index contributed by atoms with van der Waals surface area (Å²) in [4.78, 5) is 12.2. The van der Waals surface area contributed by atoms with Crippen LogP contribution < -0.4 is 11.1 Å². The lowest BCUT2D eigenvalue weighted by molar-refractivity contribution is -0.120. The molecule has 1 aliphatic rings. The summed E-state index contributed by atoms with van der Waals surface area (Å²) in [5, 5.41) is 3.15. The first-order chi connectivity index (χ1) is 7.09. The summed E-state index contributed by atoms with van der Waals surface area (Å²) < 4.78 is 24.6. The van der Waals surface area contributed by atoms with Crippen LogP contribution in [0.2, 0.25) is 0 Å². The molecule has 0 saturated carbocycles. The third kappa shape index (κ3) is 4.53. The Kier molecular flexibility index (Phi) is 4.90. The zero-order valence-corrected chi connectivity index (χ0v) is 8.59. The van der Waals surface area contributed by atoms with Crippen molar-refractivity contribution in [2.75, 3.05) is 26.2 Å². The van der Waals surface area contributed by atoms with Crippen LogP contribution in [-0.4, -0.2) is 49.5 Å². The van der Waals surface area contributed by atoms with Gasteiger partial charge in [-0.3, -0.25) is 9.69 Å². The van der Waals surface area contributed by atoms with Gasteiger partial charge in [0.2, 0.25) is 5.91 Å². The number of nitrogens with zero attached hydrogens (tertiary/aromatic N) is 1. The number of amides is 1. The van der Waals surface area contributed by atoms with Crippen molar-refractivity contribution in [2.24, 2.45) is 5.73 Å². The maximum atomic E-state index is 12.3. The molecule has 88 valence electrons. The van der Waals surface area contributed by atoms with Gasteiger partial charge >= 0.3 is 0 Å². The number of hydrogen-bond acceptors (Lipinski definition) is 3. The highest BCUT2D eigenvalue weighted by Crippen LogP contribution is 2.13. The van der Waals surface area contributed by atoms with Crippen LogP contribution in [0.1, 0.15) is 12.8 Å². The number of piperidine rings is 1. The van der Waals surface area contributed by atoms with Gasteiger partial charge in [0.05, 0.1) is 13.1 Å². The molecule has 3 N–H and O–H groups in total. The van der Waals surface area contributed by atoms with Crippen LogP contribution >= 0.6 is 0 Å². The number of rotatable bonds is 5. The molecule has 1 saturated heterocycles. The van der Waals surface area contributed by atoms with E-state index in [0.717, 1.165) is 25.9 Å². The number of primary amides is 1. The van der Waals surface area contributed by atoms with Crippen LogP contribution in [0.15, 0.2) is 0 Å². The van der Waals surface area contributed by atoms with E-state index >= 15 is 0 Å². The first-order valence-corrected chi connectivity index (χ1v) is 5.11. The number of halogens is 2. The molecule has 1 fully saturated rings. The Balaban J connectivity index is 2.48. The first-order valence-electron chi connectivity index (χ1n) is 5.11. The predicted octanol–water partition coefficient (Wildman–Crippen LogP) is -0.209. The lowest BCUT2D eigenvalue weighted by Gasteiger charge is -2.33. The van der Waals surface area contributed by atoms with E-state index < -0.39 is 12.3 Å². The molecule has 0 radical (unpaired) electrons. The average Bonchev–Trinajstić information content (AvgIpc) is 2.17. The zero-order valence-electron chi connectivity index (χ0n) is 8.59. The summed E-state index contributed by atoms with van der Waals surface area (Å²) in [5.41, 5.74) is 5.03. The highest BCUT2D eigenvalue weighted by molar-refractivity contribution is 5.75. The molecule has 1 rings (SSSR count). The fourth-order valence-corrected chi connectivity index (χ4v) is 1.89. The minimum atomic E-state index is -2.42. The maximum Gasteiger partial charge on any atom is 0.251 e. The molecule has 6 heteroatoms. The Morgan fingerprint density at radius 2 is 2.07 bits per heavy atom. The molecule has 1 amide bonds. The Bertz CT molecular complexity index is 208. The molecular weight excluding hydrogens is 204 g/mol. The lowest BCUT2D eigenvalue weighted by Crippen LogP contribution is -2.48. The van der Waals surface area contributed by atoms with E-state index in [4.69, 9.17) is 5.73 Å². The van der Waals surface area contributed by atoms with Gasteiger partial charge in [0.1, 0.15) is 0 Å². The van der Waals surface area contributed by atoms with Gasteiger partial charge in [0.15, 0.2) is 0 Å². The molecule has 1 aliphatic heterocycles. The number of carbonyl (C=O) groups excluding carboxylic acids is 1.